The molecule has 0 bridgehead atoms. The van der Waals surface area contributed by atoms with Crippen molar-refractivity contribution in [2.75, 3.05) is 5.88 Å². The van der Waals surface area contributed by atoms with E-state index in [0.29, 0.717) is 24.5 Å². The Morgan fingerprint density at radius 3 is 2.62 bits per heavy atom. The smallest absolute Gasteiger partial charge is 0.311 e. The van der Waals surface area contributed by atoms with Gasteiger partial charge in [-0.1, -0.05) is 18.2 Å². The van der Waals surface area contributed by atoms with Gasteiger partial charge < -0.3 is 4.74 Å². The molecule has 0 fully saturated rings. The van der Waals surface area contributed by atoms with Crippen molar-refractivity contribution in [3.8, 4) is 5.75 Å². The number of ether oxygens (including phenoxy) is 1. The molecule has 1 aromatic carbocycles. The molecule has 2 nitrogen and oxygen atoms in total. The van der Waals surface area contributed by atoms with Crippen LogP contribution in [0.25, 0.3) is 0 Å². The summed E-state index contributed by atoms with van der Waals surface area (Å²) in [6.45, 7) is 0. The number of carbonyl (C=O) groups excluding carboxylic acids is 1. The second-order valence-corrected chi connectivity index (χ2v) is 2.96. The summed E-state index contributed by atoms with van der Waals surface area (Å²) in [5.74, 6) is 0.845. The van der Waals surface area contributed by atoms with E-state index in [0.717, 1.165) is 0 Å². The Morgan fingerprint density at radius 1 is 1.31 bits per heavy atom. The summed E-state index contributed by atoms with van der Waals surface area (Å²) >= 11 is 5.44. The SMILES string of the molecule is O=C(CCCCl)Oc1ccccc1. The van der Waals surface area contributed by atoms with E-state index in [1.54, 1.807) is 12.1 Å². The Labute approximate surface area is 82.5 Å². The minimum absolute atomic E-state index is 0.230. The van der Waals surface area contributed by atoms with E-state index < -0.39 is 0 Å². The predicted molar refractivity (Wildman–Crippen MR) is 52.0 cm³/mol. The molecule has 0 aliphatic heterocycles. The fraction of sp³-hybridized carbons (Fsp3) is 0.300. The third-order valence-electron chi connectivity index (χ3n) is 1.49. The van der Waals surface area contributed by atoms with Gasteiger partial charge >= 0.3 is 5.97 Å². The summed E-state index contributed by atoms with van der Waals surface area (Å²) in [6.07, 6.45) is 1.03. The van der Waals surface area contributed by atoms with Crippen molar-refractivity contribution in [1.29, 1.82) is 0 Å². The lowest BCUT2D eigenvalue weighted by Gasteiger charge is -2.01. The third kappa shape index (κ3) is 3.95. The van der Waals surface area contributed by atoms with Crippen LogP contribution in [-0.2, 0) is 4.79 Å². The van der Waals surface area contributed by atoms with E-state index >= 15 is 0 Å². The van der Waals surface area contributed by atoms with Gasteiger partial charge in [-0.2, -0.15) is 0 Å². The van der Waals surface area contributed by atoms with Crippen molar-refractivity contribution in [1.82, 2.24) is 0 Å². The quantitative estimate of drug-likeness (QED) is 0.422. The summed E-state index contributed by atoms with van der Waals surface area (Å²) in [6, 6.07) is 9.02. The highest BCUT2D eigenvalue weighted by molar-refractivity contribution is 6.17. The van der Waals surface area contributed by atoms with Gasteiger partial charge in [0.15, 0.2) is 0 Å². The Morgan fingerprint density at radius 2 is 2.00 bits per heavy atom. The lowest BCUT2D eigenvalue weighted by atomic mass is 10.3. The first-order valence-corrected chi connectivity index (χ1v) is 4.68. The van der Waals surface area contributed by atoms with Gasteiger partial charge in [-0.05, 0) is 18.6 Å². The monoisotopic (exact) mass is 198 g/mol. The Hall–Kier alpha value is -1.02. The first-order valence-electron chi connectivity index (χ1n) is 4.14. The molecule has 70 valence electrons. The van der Waals surface area contributed by atoms with E-state index in [1.165, 1.54) is 0 Å². The second kappa shape index (κ2) is 5.60. The van der Waals surface area contributed by atoms with Gasteiger partial charge in [0.2, 0.25) is 0 Å². The highest BCUT2D eigenvalue weighted by Crippen LogP contribution is 2.09. The number of alkyl halides is 1. The van der Waals surface area contributed by atoms with E-state index in [9.17, 15) is 4.79 Å². The van der Waals surface area contributed by atoms with Gasteiger partial charge in [0, 0.05) is 12.3 Å². The average molecular weight is 199 g/mol. The average Bonchev–Trinajstić information content (AvgIpc) is 2.16. The van der Waals surface area contributed by atoms with Crippen molar-refractivity contribution in [3.63, 3.8) is 0 Å². The van der Waals surface area contributed by atoms with Crippen LogP contribution in [0.1, 0.15) is 12.8 Å². The number of benzene rings is 1. The molecule has 0 radical (unpaired) electrons. The molecule has 13 heavy (non-hydrogen) atoms. The zero-order valence-electron chi connectivity index (χ0n) is 7.20. The molecule has 3 heteroatoms. The van der Waals surface area contributed by atoms with Crippen LogP contribution in [0.5, 0.6) is 5.75 Å². The zero-order valence-corrected chi connectivity index (χ0v) is 7.96. The van der Waals surface area contributed by atoms with Crippen molar-refractivity contribution in [3.05, 3.63) is 30.3 Å². The topological polar surface area (TPSA) is 26.3 Å². The van der Waals surface area contributed by atoms with Crippen molar-refractivity contribution in [2.45, 2.75) is 12.8 Å². The predicted octanol–water partition coefficient (Wildman–Crippen LogP) is 2.61. The fourth-order valence-corrected chi connectivity index (χ4v) is 1.02. The largest absolute Gasteiger partial charge is 0.427 e. The Kier molecular flexibility index (Phi) is 4.33. The lowest BCUT2D eigenvalue weighted by molar-refractivity contribution is -0.134. The maximum atomic E-state index is 11.1. The lowest BCUT2D eigenvalue weighted by Crippen LogP contribution is -2.07. The van der Waals surface area contributed by atoms with Crippen LogP contribution < -0.4 is 4.74 Å². The Balaban J connectivity index is 2.37. The number of halogens is 1. The first kappa shape index (κ1) is 10.1. The first-order chi connectivity index (χ1) is 6.33. The van der Waals surface area contributed by atoms with Gasteiger partial charge in [0.1, 0.15) is 5.75 Å². The second-order valence-electron chi connectivity index (χ2n) is 2.58. The number of para-hydroxylation sites is 1. The molecule has 0 saturated carbocycles. The van der Waals surface area contributed by atoms with Gasteiger partial charge in [-0.15, -0.1) is 11.6 Å². The molecule has 0 unspecified atom stereocenters. The molecule has 0 atom stereocenters. The molecule has 0 heterocycles. The molecule has 0 spiro atoms. The highest BCUT2D eigenvalue weighted by atomic mass is 35.5. The molecule has 0 aliphatic carbocycles. The number of esters is 1. The molecular weight excluding hydrogens is 188 g/mol. The van der Waals surface area contributed by atoms with Gasteiger partial charge in [-0.3, -0.25) is 4.79 Å². The maximum absolute atomic E-state index is 11.1. The zero-order chi connectivity index (χ0) is 9.52. The fourth-order valence-electron chi connectivity index (χ4n) is 0.882. The minimum Gasteiger partial charge on any atom is -0.427 e. The summed E-state index contributed by atoms with van der Waals surface area (Å²) < 4.78 is 5.02. The molecule has 1 aromatic rings. The summed E-state index contributed by atoms with van der Waals surface area (Å²) in [4.78, 5) is 11.1. The maximum Gasteiger partial charge on any atom is 0.311 e. The molecule has 0 saturated heterocycles. The number of hydrogen-bond donors (Lipinski definition) is 0. The number of rotatable bonds is 4. The van der Waals surface area contributed by atoms with E-state index in [1.807, 2.05) is 18.2 Å². The third-order valence-corrected chi connectivity index (χ3v) is 1.76. The minimum atomic E-state index is -0.230. The van der Waals surface area contributed by atoms with Crippen LogP contribution in [0, 0.1) is 0 Å². The van der Waals surface area contributed by atoms with Gasteiger partial charge in [0.05, 0.1) is 0 Å². The van der Waals surface area contributed by atoms with Gasteiger partial charge in [-0.25, -0.2) is 0 Å². The number of hydrogen-bond acceptors (Lipinski definition) is 2. The van der Waals surface area contributed by atoms with Crippen LogP contribution in [0.4, 0.5) is 0 Å². The highest BCUT2D eigenvalue weighted by Gasteiger charge is 2.02. The standard InChI is InChI=1S/C10H11ClO2/c11-8-4-7-10(12)13-9-5-2-1-3-6-9/h1-3,5-6H,4,7-8H2. The van der Waals surface area contributed by atoms with E-state index in [4.69, 9.17) is 16.3 Å². The van der Waals surface area contributed by atoms with Crippen molar-refractivity contribution >= 4 is 17.6 Å². The molecular formula is C10H11ClO2. The summed E-state index contributed by atoms with van der Waals surface area (Å²) in [5, 5.41) is 0. The van der Waals surface area contributed by atoms with Crippen LogP contribution >= 0.6 is 11.6 Å². The molecule has 0 N–H and O–H groups in total. The van der Waals surface area contributed by atoms with Crippen LogP contribution in [0.3, 0.4) is 0 Å². The van der Waals surface area contributed by atoms with Crippen molar-refractivity contribution in [2.24, 2.45) is 0 Å². The van der Waals surface area contributed by atoms with Crippen molar-refractivity contribution < 1.29 is 9.53 Å². The van der Waals surface area contributed by atoms with Gasteiger partial charge in [0.25, 0.3) is 0 Å². The normalized spacial score (nSPS) is 9.62. The van der Waals surface area contributed by atoms with Crippen LogP contribution in [0.2, 0.25) is 0 Å². The number of carbonyl (C=O) groups is 1. The molecule has 0 aliphatic rings. The molecule has 0 amide bonds. The van der Waals surface area contributed by atoms with E-state index in [2.05, 4.69) is 0 Å². The Bertz CT molecular complexity index is 259. The molecule has 0 aromatic heterocycles. The summed E-state index contributed by atoms with van der Waals surface area (Å²) in [5.41, 5.74) is 0. The van der Waals surface area contributed by atoms with E-state index in [-0.39, 0.29) is 5.97 Å². The molecule has 1 rings (SSSR count). The summed E-state index contributed by atoms with van der Waals surface area (Å²) in [7, 11) is 0. The van der Waals surface area contributed by atoms with Crippen LogP contribution in [0.15, 0.2) is 30.3 Å². The van der Waals surface area contributed by atoms with Crippen LogP contribution in [-0.4, -0.2) is 11.8 Å².